The standard InChI is InChI=1S/C19H31FO/c1-7-14(8-2)11-16-17(20)12-15(13-18(16)21-6)19(5,9-3)10-4/h12-14H,7-11H2,1-6H3. The summed E-state index contributed by atoms with van der Waals surface area (Å²) in [4.78, 5) is 0. The van der Waals surface area contributed by atoms with Crippen molar-refractivity contribution in [3.63, 3.8) is 0 Å². The third-order valence-electron chi connectivity index (χ3n) is 5.28. The van der Waals surface area contributed by atoms with E-state index in [1.165, 1.54) is 0 Å². The van der Waals surface area contributed by atoms with Crippen LogP contribution in [-0.4, -0.2) is 7.11 Å². The van der Waals surface area contributed by atoms with Crippen LogP contribution in [-0.2, 0) is 11.8 Å². The summed E-state index contributed by atoms with van der Waals surface area (Å²) in [5, 5.41) is 0. The molecule has 0 amide bonds. The molecule has 1 rings (SSSR count). The lowest BCUT2D eigenvalue weighted by Gasteiger charge is -2.28. The maximum Gasteiger partial charge on any atom is 0.130 e. The summed E-state index contributed by atoms with van der Waals surface area (Å²) < 4.78 is 20.2. The summed E-state index contributed by atoms with van der Waals surface area (Å²) in [6.07, 6.45) is 4.90. The lowest BCUT2D eigenvalue weighted by atomic mass is 9.77. The highest BCUT2D eigenvalue weighted by molar-refractivity contribution is 5.42. The second-order valence-electron chi connectivity index (χ2n) is 6.29. The predicted molar refractivity (Wildman–Crippen MR) is 88.7 cm³/mol. The second-order valence-corrected chi connectivity index (χ2v) is 6.29. The van der Waals surface area contributed by atoms with Gasteiger partial charge in [-0.05, 0) is 48.3 Å². The predicted octanol–water partition coefficient (Wildman–Crippen LogP) is 5.89. The first-order valence-corrected chi connectivity index (χ1v) is 8.32. The summed E-state index contributed by atoms with van der Waals surface area (Å²) in [6.45, 7) is 10.8. The van der Waals surface area contributed by atoms with Crippen LogP contribution in [0.1, 0.15) is 71.4 Å². The van der Waals surface area contributed by atoms with Crippen molar-refractivity contribution in [3.05, 3.63) is 29.1 Å². The first-order valence-electron chi connectivity index (χ1n) is 8.32. The summed E-state index contributed by atoms with van der Waals surface area (Å²) in [5.41, 5.74) is 1.81. The van der Waals surface area contributed by atoms with E-state index < -0.39 is 0 Å². The Labute approximate surface area is 129 Å². The van der Waals surface area contributed by atoms with Gasteiger partial charge >= 0.3 is 0 Å². The largest absolute Gasteiger partial charge is 0.496 e. The fourth-order valence-corrected chi connectivity index (χ4v) is 2.86. The normalized spacial score (nSPS) is 12.0. The Balaban J connectivity index is 3.25. The third-order valence-corrected chi connectivity index (χ3v) is 5.28. The van der Waals surface area contributed by atoms with Crippen molar-refractivity contribution in [3.8, 4) is 5.75 Å². The van der Waals surface area contributed by atoms with Crippen molar-refractivity contribution >= 4 is 0 Å². The second kappa shape index (κ2) is 7.82. The lowest BCUT2D eigenvalue weighted by molar-refractivity contribution is 0.384. The van der Waals surface area contributed by atoms with Crippen molar-refractivity contribution in [2.24, 2.45) is 5.92 Å². The highest BCUT2D eigenvalue weighted by Gasteiger charge is 2.25. The molecule has 2 heteroatoms. The molecule has 1 nitrogen and oxygen atoms in total. The minimum atomic E-state index is -0.107. The number of benzene rings is 1. The van der Waals surface area contributed by atoms with Gasteiger partial charge in [-0.25, -0.2) is 4.39 Å². The highest BCUT2D eigenvalue weighted by Crippen LogP contribution is 2.36. The molecule has 0 aliphatic carbocycles. The number of methoxy groups -OCH3 is 1. The Morgan fingerprint density at radius 1 is 1.10 bits per heavy atom. The van der Waals surface area contributed by atoms with Gasteiger partial charge in [0.25, 0.3) is 0 Å². The number of hydrogen-bond donors (Lipinski definition) is 0. The summed E-state index contributed by atoms with van der Waals surface area (Å²) in [5.74, 6) is 1.12. The summed E-state index contributed by atoms with van der Waals surface area (Å²) in [7, 11) is 1.64. The average Bonchev–Trinajstić information content (AvgIpc) is 2.52. The number of rotatable bonds is 8. The Hall–Kier alpha value is -1.05. The third kappa shape index (κ3) is 3.99. The molecule has 0 aliphatic rings. The molecule has 21 heavy (non-hydrogen) atoms. The van der Waals surface area contributed by atoms with Gasteiger partial charge in [0.15, 0.2) is 0 Å². The molecule has 0 bridgehead atoms. The summed E-state index contributed by atoms with van der Waals surface area (Å²) >= 11 is 0. The molecule has 0 unspecified atom stereocenters. The molecule has 0 fully saturated rings. The molecule has 0 saturated carbocycles. The van der Waals surface area contributed by atoms with E-state index in [9.17, 15) is 4.39 Å². The molecule has 0 spiro atoms. The van der Waals surface area contributed by atoms with E-state index in [4.69, 9.17) is 4.74 Å². The van der Waals surface area contributed by atoms with Crippen molar-refractivity contribution < 1.29 is 9.13 Å². The van der Waals surface area contributed by atoms with Crippen LogP contribution in [0, 0.1) is 11.7 Å². The molecular weight excluding hydrogens is 263 g/mol. The molecule has 0 aromatic heterocycles. The maximum absolute atomic E-state index is 14.7. The van der Waals surface area contributed by atoms with Crippen molar-refractivity contribution in [1.29, 1.82) is 0 Å². The Kier molecular flexibility index (Phi) is 6.70. The van der Waals surface area contributed by atoms with Gasteiger partial charge in [0.2, 0.25) is 0 Å². The first kappa shape index (κ1) is 18.0. The molecule has 0 saturated heterocycles. The molecule has 0 atom stereocenters. The van der Waals surface area contributed by atoms with E-state index >= 15 is 0 Å². The Morgan fingerprint density at radius 3 is 2.10 bits per heavy atom. The molecule has 0 radical (unpaired) electrons. The van der Waals surface area contributed by atoms with Crippen molar-refractivity contribution in [2.45, 2.75) is 72.1 Å². The van der Waals surface area contributed by atoms with Gasteiger partial charge in [0.1, 0.15) is 11.6 Å². The van der Waals surface area contributed by atoms with Crippen LogP contribution in [0.25, 0.3) is 0 Å². The monoisotopic (exact) mass is 294 g/mol. The van der Waals surface area contributed by atoms with Gasteiger partial charge in [-0.15, -0.1) is 0 Å². The van der Waals surface area contributed by atoms with Crippen LogP contribution in [0.3, 0.4) is 0 Å². The Bertz CT molecular complexity index is 445. The molecular formula is C19H31FO. The SMILES string of the molecule is CCC(CC)Cc1c(F)cc(C(C)(CC)CC)cc1OC. The number of ether oxygens (including phenoxy) is 1. The van der Waals surface area contributed by atoms with Gasteiger partial charge < -0.3 is 4.74 Å². The van der Waals surface area contributed by atoms with Crippen molar-refractivity contribution in [2.75, 3.05) is 7.11 Å². The van der Waals surface area contributed by atoms with Gasteiger partial charge in [-0.2, -0.15) is 0 Å². The lowest BCUT2D eigenvalue weighted by Crippen LogP contribution is -2.20. The quantitative estimate of drug-likeness (QED) is 0.581. The van der Waals surface area contributed by atoms with Gasteiger partial charge in [0.05, 0.1) is 7.11 Å². The first-order chi connectivity index (χ1) is 9.95. The van der Waals surface area contributed by atoms with Crippen molar-refractivity contribution in [1.82, 2.24) is 0 Å². The van der Waals surface area contributed by atoms with Gasteiger partial charge in [-0.1, -0.05) is 47.5 Å². The van der Waals surface area contributed by atoms with Crippen LogP contribution < -0.4 is 4.74 Å². The molecule has 0 N–H and O–H groups in total. The molecule has 120 valence electrons. The van der Waals surface area contributed by atoms with E-state index in [2.05, 4.69) is 34.6 Å². The zero-order valence-electron chi connectivity index (χ0n) is 14.6. The van der Waals surface area contributed by atoms with Gasteiger partial charge in [-0.3, -0.25) is 0 Å². The van der Waals surface area contributed by atoms with Crippen LogP contribution in [0.2, 0.25) is 0 Å². The molecule has 0 aliphatic heterocycles. The van der Waals surface area contributed by atoms with Crippen LogP contribution in [0.4, 0.5) is 4.39 Å². The van der Waals surface area contributed by atoms with Crippen LogP contribution in [0.5, 0.6) is 5.75 Å². The van der Waals surface area contributed by atoms with Crippen LogP contribution in [0.15, 0.2) is 12.1 Å². The average molecular weight is 294 g/mol. The smallest absolute Gasteiger partial charge is 0.130 e. The van der Waals surface area contributed by atoms with E-state index in [0.717, 1.165) is 43.2 Å². The number of hydrogen-bond acceptors (Lipinski definition) is 1. The minimum absolute atomic E-state index is 0.0154. The zero-order chi connectivity index (χ0) is 16.0. The van der Waals surface area contributed by atoms with Gasteiger partial charge in [0, 0.05) is 5.56 Å². The van der Waals surface area contributed by atoms with E-state index in [0.29, 0.717) is 11.7 Å². The zero-order valence-corrected chi connectivity index (χ0v) is 14.6. The maximum atomic E-state index is 14.7. The topological polar surface area (TPSA) is 9.23 Å². The van der Waals surface area contributed by atoms with E-state index in [1.807, 2.05) is 6.07 Å². The van der Waals surface area contributed by atoms with E-state index in [1.54, 1.807) is 13.2 Å². The van der Waals surface area contributed by atoms with E-state index in [-0.39, 0.29) is 11.2 Å². The van der Waals surface area contributed by atoms with Crippen LogP contribution >= 0.6 is 0 Å². The summed E-state index contributed by atoms with van der Waals surface area (Å²) in [6, 6.07) is 3.78. The molecule has 0 heterocycles. The molecule has 1 aromatic rings. The fourth-order valence-electron chi connectivity index (χ4n) is 2.86. The Morgan fingerprint density at radius 2 is 1.67 bits per heavy atom. The number of halogens is 1. The molecule has 1 aromatic carbocycles. The highest BCUT2D eigenvalue weighted by atomic mass is 19.1. The fraction of sp³-hybridized carbons (Fsp3) is 0.684. The minimum Gasteiger partial charge on any atom is -0.496 e.